The number of halogens is 1. The minimum atomic E-state index is -0.436. The SMILES string of the molecule is Cc1cccc(C(=O)NCC2Cc3cc(-c4nc(C)cnc4C)cc(F)c3O2)n1. The number of pyridine rings is 1. The number of hydrogen-bond donors (Lipinski definition) is 1. The number of amides is 1. The molecule has 0 fully saturated rings. The molecule has 3 heterocycles. The normalized spacial score (nSPS) is 15.0. The van der Waals surface area contributed by atoms with Gasteiger partial charge in [0.05, 0.1) is 23.6 Å². The number of benzene rings is 1. The van der Waals surface area contributed by atoms with E-state index in [4.69, 9.17) is 4.74 Å². The second-order valence-corrected chi connectivity index (χ2v) is 7.21. The van der Waals surface area contributed by atoms with E-state index in [9.17, 15) is 9.18 Å². The summed E-state index contributed by atoms with van der Waals surface area (Å²) in [5, 5.41) is 2.81. The fraction of sp³-hybridized carbons (Fsp3) is 0.273. The summed E-state index contributed by atoms with van der Waals surface area (Å²) in [6.45, 7) is 5.79. The molecule has 1 atom stereocenters. The number of nitrogens with one attached hydrogen (secondary N) is 1. The molecule has 0 saturated heterocycles. The van der Waals surface area contributed by atoms with Gasteiger partial charge in [-0.1, -0.05) is 6.07 Å². The van der Waals surface area contributed by atoms with Crippen molar-refractivity contribution in [1.82, 2.24) is 20.3 Å². The first-order valence-electron chi connectivity index (χ1n) is 9.42. The van der Waals surface area contributed by atoms with Crippen molar-refractivity contribution < 1.29 is 13.9 Å². The lowest BCUT2D eigenvalue weighted by atomic mass is 10.0. The number of aromatic nitrogens is 3. The van der Waals surface area contributed by atoms with Crippen LogP contribution in [-0.4, -0.2) is 33.5 Å². The molecule has 0 radical (unpaired) electrons. The van der Waals surface area contributed by atoms with Crippen molar-refractivity contribution in [3.63, 3.8) is 0 Å². The van der Waals surface area contributed by atoms with Crippen molar-refractivity contribution in [1.29, 1.82) is 0 Å². The molecule has 1 amide bonds. The predicted octanol–water partition coefficient (Wildman–Crippen LogP) is 3.34. The lowest BCUT2D eigenvalue weighted by Gasteiger charge is -2.12. The largest absolute Gasteiger partial charge is 0.485 e. The summed E-state index contributed by atoms with van der Waals surface area (Å²) in [4.78, 5) is 25.3. The molecule has 6 nitrogen and oxygen atoms in total. The maximum absolute atomic E-state index is 14.7. The summed E-state index contributed by atoms with van der Waals surface area (Å²) < 4.78 is 20.4. The number of nitrogens with zero attached hydrogens (tertiary/aromatic N) is 3. The lowest BCUT2D eigenvalue weighted by molar-refractivity contribution is 0.0927. The molecule has 2 aromatic heterocycles. The Morgan fingerprint density at radius 1 is 1.21 bits per heavy atom. The first-order valence-corrected chi connectivity index (χ1v) is 9.42. The maximum Gasteiger partial charge on any atom is 0.270 e. The molecule has 1 unspecified atom stereocenters. The molecule has 0 aliphatic carbocycles. The highest BCUT2D eigenvalue weighted by atomic mass is 19.1. The summed E-state index contributed by atoms with van der Waals surface area (Å²) >= 11 is 0. The van der Waals surface area contributed by atoms with E-state index < -0.39 is 5.82 Å². The van der Waals surface area contributed by atoms with Crippen molar-refractivity contribution >= 4 is 5.91 Å². The Bertz CT molecular complexity index is 1100. The van der Waals surface area contributed by atoms with Crippen LogP contribution < -0.4 is 10.1 Å². The molecule has 7 heteroatoms. The number of rotatable bonds is 4. The third kappa shape index (κ3) is 3.94. The van der Waals surface area contributed by atoms with Gasteiger partial charge in [0.15, 0.2) is 11.6 Å². The molecular formula is C22H21FN4O2. The molecule has 0 spiro atoms. The van der Waals surface area contributed by atoms with Gasteiger partial charge in [-0.25, -0.2) is 14.4 Å². The minimum absolute atomic E-state index is 0.236. The highest BCUT2D eigenvalue weighted by Gasteiger charge is 2.28. The summed E-state index contributed by atoms with van der Waals surface area (Å²) in [5.74, 6) is -0.477. The molecule has 0 bridgehead atoms. The smallest absolute Gasteiger partial charge is 0.270 e. The van der Waals surface area contributed by atoms with Crippen LogP contribution in [0.15, 0.2) is 36.5 Å². The number of carbonyl (C=O) groups excluding carboxylic acids is 1. The fourth-order valence-corrected chi connectivity index (χ4v) is 3.42. The molecule has 1 N–H and O–H groups in total. The van der Waals surface area contributed by atoms with Gasteiger partial charge in [-0.15, -0.1) is 0 Å². The average Bonchev–Trinajstić information content (AvgIpc) is 3.11. The van der Waals surface area contributed by atoms with Gasteiger partial charge in [0.25, 0.3) is 5.91 Å². The number of ether oxygens (including phenoxy) is 1. The van der Waals surface area contributed by atoms with Crippen LogP contribution in [0.4, 0.5) is 4.39 Å². The van der Waals surface area contributed by atoms with Gasteiger partial charge < -0.3 is 10.1 Å². The Morgan fingerprint density at radius 3 is 2.83 bits per heavy atom. The van der Waals surface area contributed by atoms with Gasteiger partial charge in [0.1, 0.15) is 11.8 Å². The van der Waals surface area contributed by atoms with Crippen LogP contribution >= 0.6 is 0 Å². The van der Waals surface area contributed by atoms with Crippen LogP contribution in [0.1, 0.15) is 33.1 Å². The maximum atomic E-state index is 14.7. The van der Waals surface area contributed by atoms with Gasteiger partial charge >= 0.3 is 0 Å². The molecule has 4 rings (SSSR count). The van der Waals surface area contributed by atoms with Gasteiger partial charge in [0, 0.05) is 29.4 Å². The quantitative estimate of drug-likeness (QED) is 0.737. The Kier molecular flexibility index (Phi) is 4.96. The van der Waals surface area contributed by atoms with E-state index in [1.54, 1.807) is 18.3 Å². The molecule has 3 aromatic rings. The van der Waals surface area contributed by atoms with Crippen molar-refractivity contribution in [3.8, 4) is 17.0 Å². The molecule has 1 aliphatic heterocycles. The Labute approximate surface area is 168 Å². The van der Waals surface area contributed by atoms with E-state index in [0.717, 1.165) is 22.6 Å². The van der Waals surface area contributed by atoms with Gasteiger partial charge in [-0.05, 0) is 45.0 Å². The van der Waals surface area contributed by atoms with E-state index in [0.29, 0.717) is 23.4 Å². The molecule has 1 aliphatic rings. The second-order valence-electron chi connectivity index (χ2n) is 7.21. The zero-order valence-corrected chi connectivity index (χ0v) is 16.5. The van der Waals surface area contributed by atoms with Crippen molar-refractivity contribution in [2.45, 2.75) is 33.3 Å². The highest BCUT2D eigenvalue weighted by Crippen LogP contribution is 2.35. The van der Waals surface area contributed by atoms with E-state index >= 15 is 0 Å². The lowest BCUT2D eigenvalue weighted by Crippen LogP contribution is -2.34. The van der Waals surface area contributed by atoms with Gasteiger partial charge in [0.2, 0.25) is 0 Å². The summed E-state index contributed by atoms with van der Waals surface area (Å²) in [7, 11) is 0. The summed E-state index contributed by atoms with van der Waals surface area (Å²) in [6, 6.07) is 8.58. The van der Waals surface area contributed by atoms with Gasteiger partial charge in [-0.3, -0.25) is 9.78 Å². The Morgan fingerprint density at radius 2 is 2.03 bits per heavy atom. The van der Waals surface area contributed by atoms with Crippen LogP contribution in [0.5, 0.6) is 5.75 Å². The molecule has 148 valence electrons. The molecule has 1 aromatic carbocycles. The summed E-state index contributed by atoms with van der Waals surface area (Å²) in [6.07, 6.45) is 1.85. The Balaban J connectivity index is 1.49. The van der Waals surface area contributed by atoms with E-state index in [1.165, 1.54) is 6.07 Å². The average molecular weight is 392 g/mol. The van der Waals surface area contributed by atoms with E-state index in [-0.39, 0.29) is 24.3 Å². The van der Waals surface area contributed by atoms with E-state index in [2.05, 4.69) is 20.3 Å². The summed E-state index contributed by atoms with van der Waals surface area (Å²) in [5.41, 5.74) is 4.72. The zero-order valence-electron chi connectivity index (χ0n) is 16.5. The Hall–Kier alpha value is -3.35. The number of carbonyl (C=O) groups is 1. The predicted molar refractivity (Wildman–Crippen MR) is 106 cm³/mol. The standard InChI is InChI=1S/C22H21FN4O2/c1-12-5-4-6-19(26-12)22(28)25-11-17-8-16-7-15(9-18(23)21(16)29-17)20-14(3)24-10-13(2)27-20/h4-7,9-10,17H,8,11H2,1-3H3,(H,25,28). The van der Waals surface area contributed by atoms with Crippen LogP contribution in [0.3, 0.4) is 0 Å². The van der Waals surface area contributed by atoms with Crippen molar-refractivity contribution in [2.75, 3.05) is 6.54 Å². The van der Waals surface area contributed by atoms with Gasteiger partial charge in [-0.2, -0.15) is 0 Å². The number of aryl methyl sites for hydroxylation is 3. The highest BCUT2D eigenvalue weighted by molar-refractivity contribution is 5.92. The topological polar surface area (TPSA) is 77.0 Å². The third-order valence-electron chi connectivity index (χ3n) is 4.81. The van der Waals surface area contributed by atoms with Crippen LogP contribution in [0.25, 0.3) is 11.3 Å². The van der Waals surface area contributed by atoms with Crippen LogP contribution in [-0.2, 0) is 6.42 Å². The number of fused-ring (bicyclic) bond motifs is 1. The monoisotopic (exact) mass is 392 g/mol. The van der Waals surface area contributed by atoms with E-state index in [1.807, 2.05) is 32.9 Å². The van der Waals surface area contributed by atoms with Crippen molar-refractivity contribution in [3.05, 3.63) is 70.7 Å². The minimum Gasteiger partial charge on any atom is -0.485 e. The molecule has 0 saturated carbocycles. The molecule has 29 heavy (non-hydrogen) atoms. The third-order valence-corrected chi connectivity index (χ3v) is 4.81. The first-order chi connectivity index (χ1) is 13.9. The first kappa shape index (κ1) is 19.0. The van der Waals surface area contributed by atoms with Crippen LogP contribution in [0, 0.1) is 26.6 Å². The fourth-order valence-electron chi connectivity index (χ4n) is 3.42. The van der Waals surface area contributed by atoms with Crippen molar-refractivity contribution in [2.24, 2.45) is 0 Å². The molecular weight excluding hydrogens is 371 g/mol. The number of hydrogen-bond acceptors (Lipinski definition) is 5. The second kappa shape index (κ2) is 7.58. The zero-order chi connectivity index (χ0) is 20.5. The van der Waals surface area contributed by atoms with Crippen LogP contribution in [0.2, 0.25) is 0 Å².